The van der Waals surface area contributed by atoms with Gasteiger partial charge in [-0.15, -0.1) is 0 Å². The largest absolute Gasteiger partial charge is 0.508 e. The molecule has 5 aromatic rings. The van der Waals surface area contributed by atoms with Crippen LogP contribution in [-0.4, -0.2) is 20.1 Å². The lowest BCUT2D eigenvalue weighted by molar-refractivity contribution is 0.305. The van der Waals surface area contributed by atoms with Crippen LogP contribution in [0.3, 0.4) is 0 Å². The van der Waals surface area contributed by atoms with Crippen molar-refractivity contribution in [2.24, 2.45) is 0 Å². The second-order valence-corrected chi connectivity index (χ2v) is 8.96. The van der Waals surface area contributed by atoms with Crippen molar-refractivity contribution >= 4 is 34.3 Å². The summed E-state index contributed by atoms with van der Waals surface area (Å²) in [5.74, 6) is 1.16. The van der Waals surface area contributed by atoms with Crippen molar-refractivity contribution < 1.29 is 14.2 Å². The van der Waals surface area contributed by atoms with Crippen LogP contribution >= 0.6 is 11.8 Å². The zero-order chi connectivity index (χ0) is 24.2. The average Bonchev–Trinajstić information content (AvgIpc) is 2.85. The number of aromatic nitrogens is 3. The van der Waals surface area contributed by atoms with Gasteiger partial charge < -0.3 is 15.2 Å². The van der Waals surface area contributed by atoms with Crippen LogP contribution in [0.2, 0.25) is 0 Å². The number of nitrogens with zero attached hydrogens (tertiary/aromatic N) is 3. The van der Waals surface area contributed by atoms with E-state index in [1.54, 1.807) is 18.2 Å². The topological polar surface area (TPSA) is 80.2 Å². The lowest BCUT2D eigenvalue weighted by atomic mass is 10.2. The first-order valence-corrected chi connectivity index (χ1v) is 11.7. The van der Waals surface area contributed by atoms with E-state index in [-0.39, 0.29) is 18.2 Å². The summed E-state index contributed by atoms with van der Waals surface area (Å²) in [6.07, 6.45) is 1.48. The summed E-state index contributed by atoms with van der Waals surface area (Å²) in [7, 11) is 0. The Hall–Kier alpha value is -4.17. The van der Waals surface area contributed by atoms with Crippen molar-refractivity contribution in [3.8, 4) is 11.5 Å². The fourth-order valence-corrected chi connectivity index (χ4v) is 4.37. The van der Waals surface area contributed by atoms with Gasteiger partial charge in [-0.3, -0.25) is 0 Å². The minimum atomic E-state index is -0.298. The molecule has 0 aliphatic carbocycles. The van der Waals surface area contributed by atoms with Gasteiger partial charge in [0.05, 0.1) is 11.1 Å². The summed E-state index contributed by atoms with van der Waals surface area (Å²) < 4.78 is 19.5. The Morgan fingerprint density at radius 1 is 0.971 bits per heavy atom. The molecule has 0 atom stereocenters. The second kappa shape index (κ2) is 9.99. The number of ether oxygens (including phenoxy) is 1. The van der Waals surface area contributed by atoms with Crippen LogP contribution in [0, 0.1) is 12.7 Å². The Morgan fingerprint density at radius 3 is 2.66 bits per heavy atom. The fraction of sp³-hybridized carbons (Fsp3) is 0.0741. The maximum Gasteiger partial charge on any atom is 0.164 e. The predicted octanol–water partition coefficient (Wildman–Crippen LogP) is 6.65. The monoisotopic (exact) mass is 484 g/mol. The van der Waals surface area contributed by atoms with E-state index in [0.29, 0.717) is 17.2 Å². The second-order valence-electron chi connectivity index (χ2n) is 7.84. The number of aromatic hydroxyl groups is 1. The molecular formula is C27H21FN4O2S. The van der Waals surface area contributed by atoms with E-state index >= 15 is 0 Å². The lowest BCUT2D eigenvalue weighted by Crippen LogP contribution is -2.00. The zero-order valence-corrected chi connectivity index (χ0v) is 19.6. The summed E-state index contributed by atoms with van der Waals surface area (Å²) >= 11 is 1.54. The van der Waals surface area contributed by atoms with Gasteiger partial charge in [0, 0.05) is 21.6 Å². The van der Waals surface area contributed by atoms with E-state index in [2.05, 4.69) is 20.3 Å². The number of rotatable bonds is 7. The van der Waals surface area contributed by atoms with Crippen molar-refractivity contribution in [3.63, 3.8) is 0 Å². The molecule has 0 aliphatic rings. The van der Waals surface area contributed by atoms with Gasteiger partial charge >= 0.3 is 0 Å². The van der Waals surface area contributed by atoms with Crippen molar-refractivity contribution in [2.45, 2.75) is 23.3 Å². The smallest absolute Gasteiger partial charge is 0.164 e. The van der Waals surface area contributed by atoms with Crippen molar-refractivity contribution in [3.05, 3.63) is 102 Å². The molecule has 0 bridgehead atoms. The molecule has 0 spiro atoms. The molecule has 2 N–H and O–H groups in total. The number of phenolic OH excluding ortho intramolecular Hbond substituents is 1. The van der Waals surface area contributed by atoms with E-state index < -0.39 is 0 Å². The van der Waals surface area contributed by atoms with Gasteiger partial charge in [0.15, 0.2) is 5.65 Å². The Bertz CT molecular complexity index is 1500. The molecular weight excluding hydrogens is 463 g/mol. The molecule has 2 heterocycles. The van der Waals surface area contributed by atoms with Crippen LogP contribution in [0.25, 0.3) is 11.0 Å². The van der Waals surface area contributed by atoms with E-state index in [1.807, 2.05) is 55.5 Å². The van der Waals surface area contributed by atoms with Gasteiger partial charge in [-0.05, 0) is 73.2 Å². The Balaban J connectivity index is 1.48. The van der Waals surface area contributed by atoms with E-state index in [9.17, 15) is 9.50 Å². The quantitative estimate of drug-likeness (QED) is 0.268. The van der Waals surface area contributed by atoms with Gasteiger partial charge in [0.2, 0.25) is 0 Å². The predicted molar refractivity (Wildman–Crippen MR) is 135 cm³/mol. The highest BCUT2D eigenvalue weighted by Gasteiger charge is 2.12. The number of nitrogens with one attached hydrogen (secondary N) is 1. The Kier molecular flexibility index (Phi) is 6.45. The van der Waals surface area contributed by atoms with Crippen LogP contribution in [-0.2, 0) is 6.61 Å². The van der Waals surface area contributed by atoms with Gasteiger partial charge in [0.1, 0.15) is 36.1 Å². The molecule has 2 aromatic heterocycles. The number of phenols is 1. The summed E-state index contributed by atoms with van der Waals surface area (Å²) in [5.41, 5.74) is 3.00. The molecule has 174 valence electrons. The number of anilines is 2. The van der Waals surface area contributed by atoms with Gasteiger partial charge in [-0.1, -0.05) is 23.9 Å². The van der Waals surface area contributed by atoms with Gasteiger partial charge in [0.25, 0.3) is 0 Å². The van der Waals surface area contributed by atoms with Crippen molar-refractivity contribution in [1.29, 1.82) is 0 Å². The highest BCUT2D eigenvalue weighted by Crippen LogP contribution is 2.38. The Morgan fingerprint density at radius 2 is 1.83 bits per heavy atom. The van der Waals surface area contributed by atoms with Crippen LogP contribution in [0.4, 0.5) is 15.9 Å². The van der Waals surface area contributed by atoms with Crippen LogP contribution in [0.15, 0.2) is 95.0 Å². The van der Waals surface area contributed by atoms with Crippen molar-refractivity contribution in [2.75, 3.05) is 5.32 Å². The molecule has 0 saturated carbocycles. The minimum Gasteiger partial charge on any atom is -0.508 e. The molecule has 0 aliphatic heterocycles. The van der Waals surface area contributed by atoms with Crippen LogP contribution < -0.4 is 10.1 Å². The number of pyridine rings is 1. The number of hydrogen-bond donors (Lipinski definition) is 2. The highest BCUT2D eigenvalue weighted by molar-refractivity contribution is 7.99. The van der Waals surface area contributed by atoms with E-state index in [4.69, 9.17) is 4.74 Å². The Labute approximate surface area is 205 Å². The summed E-state index contributed by atoms with van der Waals surface area (Å²) in [4.78, 5) is 15.1. The fourth-order valence-electron chi connectivity index (χ4n) is 3.48. The molecule has 0 saturated heterocycles. The number of halogens is 1. The zero-order valence-electron chi connectivity index (χ0n) is 18.8. The first-order valence-electron chi connectivity index (χ1n) is 10.9. The minimum absolute atomic E-state index is 0.212. The molecule has 8 heteroatoms. The maximum absolute atomic E-state index is 13.5. The molecule has 3 aromatic carbocycles. The third kappa shape index (κ3) is 5.50. The molecule has 0 radical (unpaired) electrons. The molecule has 6 nitrogen and oxygen atoms in total. The van der Waals surface area contributed by atoms with E-state index in [0.717, 1.165) is 32.1 Å². The third-order valence-corrected chi connectivity index (χ3v) is 6.28. The first-order chi connectivity index (χ1) is 17.0. The molecule has 0 fully saturated rings. The van der Waals surface area contributed by atoms with Crippen LogP contribution in [0.5, 0.6) is 11.5 Å². The summed E-state index contributed by atoms with van der Waals surface area (Å²) in [5, 5.41) is 13.8. The normalized spacial score (nSPS) is 10.9. The number of benzene rings is 3. The van der Waals surface area contributed by atoms with E-state index in [1.165, 1.54) is 30.2 Å². The SMILES string of the molecule is Cc1ccc2c(Nc3cc(OCc4cccc(F)c4)ccc3Sc3ccc(O)cc3)ncnc2n1. The molecule has 35 heavy (non-hydrogen) atoms. The molecule has 0 unspecified atom stereocenters. The maximum atomic E-state index is 13.5. The van der Waals surface area contributed by atoms with Crippen LogP contribution in [0.1, 0.15) is 11.3 Å². The molecule has 5 rings (SSSR count). The average molecular weight is 485 g/mol. The molecule has 0 amide bonds. The lowest BCUT2D eigenvalue weighted by Gasteiger charge is -2.15. The highest BCUT2D eigenvalue weighted by atomic mass is 32.2. The number of aryl methyl sites for hydroxylation is 1. The van der Waals surface area contributed by atoms with Gasteiger partial charge in [-0.2, -0.15) is 0 Å². The number of fused-ring (bicyclic) bond motifs is 1. The van der Waals surface area contributed by atoms with Crippen molar-refractivity contribution in [1.82, 2.24) is 15.0 Å². The number of hydrogen-bond acceptors (Lipinski definition) is 7. The summed E-state index contributed by atoms with van der Waals surface area (Å²) in [6, 6.07) is 22.9. The standard InChI is InChI=1S/C27H21FN4O2S/c1-17-5-11-23-26(31-17)29-16-30-27(23)32-24-14-21(34-15-18-3-2-4-19(28)13-18)8-12-25(24)35-22-9-6-20(33)7-10-22/h2-14,16,33H,15H2,1H3,(H,29,30,31,32). The third-order valence-electron chi connectivity index (χ3n) is 5.20. The van der Waals surface area contributed by atoms with Gasteiger partial charge in [-0.25, -0.2) is 19.3 Å². The first kappa shape index (κ1) is 22.6. The summed E-state index contributed by atoms with van der Waals surface area (Å²) in [6.45, 7) is 2.15.